The Morgan fingerprint density at radius 2 is 1.97 bits per heavy atom. The van der Waals surface area contributed by atoms with Crippen LogP contribution in [0.2, 0.25) is 0 Å². The average molecular weight is 408 g/mol. The second kappa shape index (κ2) is 8.66. The maximum absolute atomic E-state index is 13.1. The summed E-state index contributed by atoms with van der Waals surface area (Å²) >= 11 is 1.63. The molecular weight excluding hydrogens is 387 g/mol. The van der Waals surface area contributed by atoms with Gasteiger partial charge in [-0.1, -0.05) is 17.8 Å². The first kappa shape index (κ1) is 19.5. The molecule has 0 saturated heterocycles. The molecule has 0 aliphatic heterocycles. The van der Waals surface area contributed by atoms with Crippen LogP contribution >= 0.6 is 11.8 Å². The number of nitrogens with zero attached hydrogens (tertiary/aromatic N) is 1. The van der Waals surface area contributed by atoms with Gasteiger partial charge >= 0.3 is 5.97 Å². The second-order valence-electron chi connectivity index (χ2n) is 7.11. The maximum Gasteiger partial charge on any atom is 0.337 e. The molecule has 1 aromatic heterocycles. The molecule has 1 atom stereocenters. The molecule has 6 heteroatoms. The van der Waals surface area contributed by atoms with Gasteiger partial charge in [0.2, 0.25) is 0 Å². The number of hydrogen-bond acceptors (Lipinski definition) is 4. The van der Waals surface area contributed by atoms with Gasteiger partial charge in [-0.3, -0.25) is 4.98 Å². The maximum atomic E-state index is 13.1. The number of halogens is 1. The van der Waals surface area contributed by atoms with Crippen LogP contribution in [0.25, 0.3) is 0 Å². The van der Waals surface area contributed by atoms with Crippen LogP contribution in [0.4, 0.5) is 10.1 Å². The molecule has 3 aromatic rings. The van der Waals surface area contributed by atoms with Crippen molar-refractivity contribution in [2.24, 2.45) is 0 Å². The van der Waals surface area contributed by atoms with Crippen LogP contribution in [0.5, 0.6) is 0 Å². The molecule has 2 aromatic carbocycles. The Morgan fingerprint density at radius 3 is 2.76 bits per heavy atom. The van der Waals surface area contributed by atoms with Gasteiger partial charge in [-0.2, -0.15) is 0 Å². The average Bonchev–Trinajstić information content (AvgIpc) is 2.74. The van der Waals surface area contributed by atoms with Crippen LogP contribution in [0.3, 0.4) is 0 Å². The van der Waals surface area contributed by atoms with Crippen molar-refractivity contribution in [3.8, 4) is 0 Å². The summed E-state index contributed by atoms with van der Waals surface area (Å²) in [5.41, 5.74) is 3.44. The molecular formula is C23H21FN2O2S. The number of aryl methyl sites for hydroxylation is 1. The van der Waals surface area contributed by atoms with Gasteiger partial charge < -0.3 is 10.4 Å². The number of aromatic carboxylic acids is 1. The Kier molecular flexibility index (Phi) is 5.81. The number of rotatable bonds is 6. The number of nitrogens with one attached hydrogen (secondary N) is 1. The summed E-state index contributed by atoms with van der Waals surface area (Å²) in [5.74, 6) is -0.860. The van der Waals surface area contributed by atoms with E-state index in [-0.39, 0.29) is 11.4 Å². The number of hydrogen-bond donors (Lipinski definition) is 2. The molecule has 0 fully saturated rings. The summed E-state index contributed by atoms with van der Waals surface area (Å²) in [5, 5.41) is 12.6. The van der Waals surface area contributed by atoms with E-state index < -0.39 is 5.97 Å². The lowest BCUT2D eigenvalue weighted by atomic mass is 9.83. The van der Waals surface area contributed by atoms with Gasteiger partial charge in [0, 0.05) is 28.5 Å². The molecule has 2 N–H and O–H groups in total. The van der Waals surface area contributed by atoms with E-state index >= 15 is 0 Å². The van der Waals surface area contributed by atoms with Crippen LogP contribution in [-0.2, 0) is 6.42 Å². The Morgan fingerprint density at radius 1 is 1.17 bits per heavy atom. The van der Waals surface area contributed by atoms with Gasteiger partial charge in [0.15, 0.2) is 0 Å². The highest BCUT2D eigenvalue weighted by atomic mass is 32.2. The molecule has 0 saturated carbocycles. The van der Waals surface area contributed by atoms with Gasteiger partial charge in [-0.25, -0.2) is 9.18 Å². The molecule has 148 valence electrons. The van der Waals surface area contributed by atoms with Crippen LogP contribution in [0, 0.1) is 5.82 Å². The van der Waals surface area contributed by atoms with E-state index in [1.165, 1.54) is 35.5 Å². The minimum absolute atomic E-state index is 0.227. The number of anilines is 1. The van der Waals surface area contributed by atoms with Crippen molar-refractivity contribution >= 4 is 23.4 Å². The number of benzene rings is 2. The highest BCUT2D eigenvalue weighted by molar-refractivity contribution is 7.99. The van der Waals surface area contributed by atoms with Crippen molar-refractivity contribution in [3.05, 3.63) is 83.4 Å². The van der Waals surface area contributed by atoms with E-state index in [4.69, 9.17) is 0 Å². The molecule has 0 amide bonds. The Balaban J connectivity index is 1.48. The highest BCUT2D eigenvalue weighted by Gasteiger charge is 2.21. The third kappa shape index (κ3) is 4.59. The molecule has 0 radical (unpaired) electrons. The van der Waals surface area contributed by atoms with Gasteiger partial charge in [-0.05, 0) is 72.9 Å². The molecule has 29 heavy (non-hydrogen) atoms. The molecule has 4 rings (SSSR count). The van der Waals surface area contributed by atoms with E-state index in [9.17, 15) is 14.3 Å². The van der Waals surface area contributed by atoms with E-state index in [1.807, 2.05) is 0 Å². The van der Waals surface area contributed by atoms with Crippen LogP contribution in [-0.4, -0.2) is 22.6 Å². The van der Waals surface area contributed by atoms with Crippen LogP contribution in [0.1, 0.15) is 40.2 Å². The summed E-state index contributed by atoms with van der Waals surface area (Å²) in [6, 6.07) is 14.6. The third-order valence-electron chi connectivity index (χ3n) is 5.19. The molecule has 0 spiro atoms. The molecule has 1 aliphatic carbocycles. The minimum atomic E-state index is -0.957. The van der Waals surface area contributed by atoms with E-state index in [0.717, 1.165) is 29.1 Å². The molecule has 0 unspecified atom stereocenters. The predicted octanol–water partition coefficient (Wildman–Crippen LogP) is 5.60. The summed E-state index contributed by atoms with van der Waals surface area (Å²) in [6.07, 6.45) is 6.26. The number of fused-ring (bicyclic) bond motifs is 1. The van der Waals surface area contributed by atoms with E-state index in [1.54, 1.807) is 30.1 Å². The number of carbonyl (C=O) groups is 1. The third-order valence-corrected chi connectivity index (χ3v) is 6.19. The monoisotopic (exact) mass is 408 g/mol. The molecule has 1 heterocycles. The molecule has 1 aliphatic rings. The molecule has 0 bridgehead atoms. The first-order valence-electron chi connectivity index (χ1n) is 9.57. The first-order chi connectivity index (χ1) is 14.1. The van der Waals surface area contributed by atoms with Crippen LogP contribution < -0.4 is 5.32 Å². The van der Waals surface area contributed by atoms with Crippen molar-refractivity contribution in [1.82, 2.24) is 4.98 Å². The van der Waals surface area contributed by atoms with Crippen molar-refractivity contribution in [2.75, 3.05) is 11.9 Å². The normalized spacial score (nSPS) is 15.6. The highest BCUT2D eigenvalue weighted by Crippen LogP contribution is 2.36. The fourth-order valence-corrected chi connectivity index (χ4v) is 4.64. The fourth-order valence-electron chi connectivity index (χ4n) is 3.76. The van der Waals surface area contributed by atoms with Gasteiger partial charge in [0.1, 0.15) is 5.82 Å². The van der Waals surface area contributed by atoms with E-state index in [2.05, 4.69) is 28.5 Å². The Hall–Kier alpha value is -2.86. The number of aromatic nitrogens is 1. The molecule has 4 nitrogen and oxygen atoms in total. The number of carboxylic acid groups (broad SMARTS) is 1. The summed E-state index contributed by atoms with van der Waals surface area (Å²) in [4.78, 5) is 17.6. The minimum Gasteiger partial charge on any atom is -0.478 e. The lowest BCUT2D eigenvalue weighted by Crippen LogP contribution is -2.19. The lowest BCUT2D eigenvalue weighted by molar-refractivity contribution is 0.0697. The Labute approximate surface area is 173 Å². The topological polar surface area (TPSA) is 62.2 Å². The van der Waals surface area contributed by atoms with Crippen molar-refractivity contribution < 1.29 is 14.3 Å². The summed E-state index contributed by atoms with van der Waals surface area (Å²) in [7, 11) is 0. The summed E-state index contributed by atoms with van der Waals surface area (Å²) in [6.45, 7) is 0.670. The van der Waals surface area contributed by atoms with Gasteiger partial charge in [-0.15, -0.1) is 0 Å². The zero-order valence-corrected chi connectivity index (χ0v) is 16.6. The quantitative estimate of drug-likeness (QED) is 0.556. The van der Waals surface area contributed by atoms with Gasteiger partial charge in [0.25, 0.3) is 0 Å². The number of carboxylic acids is 1. The smallest absolute Gasteiger partial charge is 0.337 e. The standard InChI is InChI=1S/C23H21FN2O2S/c24-17-4-6-18(7-5-17)29-19-8-9-20-15(12-19)2-1-3-16(20)13-26-22-14-25-11-10-21(22)23(27)28/h4-12,14,16,26H,1-3,13H2,(H,27,28)/t16-/m0/s1. The fraction of sp³-hybridized carbons (Fsp3) is 0.217. The lowest BCUT2D eigenvalue weighted by Gasteiger charge is -2.27. The van der Waals surface area contributed by atoms with Gasteiger partial charge in [0.05, 0.1) is 17.4 Å². The zero-order chi connectivity index (χ0) is 20.2. The van der Waals surface area contributed by atoms with Crippen molar-refractivity contribution in [1.29, 1.82) is 0 Å². The van der Waals surface area contributed by atoms with Crippen LogP contribution in [0.15, 0.2) is 70.7 Å². The predicted molar refractivity (Wildman–Crippen MR) is 112 cm³/mol. The van der Waals surface area contributed by atoms with Crippen molar-refractivity contribution in [3.63, 3.8) is 0 Å². The zero-order valence-electron chi connectivity index (χ0n) is 15.8. The second-order valence-corrected chi connectivity index (χ2v) is 8.26. The van der Waals surface area contributed by atoms with E-state index in [0.29, 0.717) is 18.2 Å². The SMILES string of the molecule is O=C(O)c1ccncc1NC[C@@H]1CCCc2cc(Sc3ccc(F)cc3)ccc21. The largest absolute Gasteiger partial charge is 0.478 e. The summed E-state index contributed by atoms with van der Waals surface area (Å²) < 4.78 is 13.1. The number of pyridine rings is 1. The first-order valence-corrected chi connectivity index (χ1v) is 10.4. The Bertz CT molecular complexity index is 1020. The van der Waals surface area contributed by atoms with Crippen molar-refractivity contribution in [2.45, 2.75) is 35.0 Å².